The Kier molecular flexibility index (Phi) is 6.00. The van der Waals surface area contributed by atoms with Crippen LogP contribution in [0.4, 0.5) is 0 Å². The zero-order valence-corrected chi connectivity index (χ0v) is 17.7. The van der Waals surface area contributed by atoms with E-state index in [1.54, 1.807) is 18.2 Å². The fourth-order valence-corrected chi connectivity index (χ4v) is 4.65. The van der Waals surface area contributed by atoms with E-state index < -0.39 is 10.0 Å². The number of carbonyl (C=O) groups excluding carboxylic acids is 1. The fourth-order valence-electron chi connectivity index (χ4n) is 3.01. The van der Waals surface area contributed by atoms with Crippen LogP contribution in [0, 0.1) is 13.8 Å². The Bertz CT molecular complexity index is 1140. The summed E-state index contributed by atoms with van der Waals surface area (Å²) in [5.41, 5.74) is 3.07. The number of aromatic nitrogens is 1. The van der Waals surface area contributed by atoms with Crippen molar-refractivity contribution in [2.24, 2.45) is 5.14 Å². The van der Waals surface area contributed by atoms with E-state index in [4.69, 9.17) is 16.7 Å². The summed E-state index contributed by atoms with van der Waals surface area (Å²) in [6.45, 7) is 3.77. The van der Waals surface area contributed by atoms with E-state index >= 15 is 0 Å². The molecular formula is C20H19ClN2O3S2. The molecule has 0 fully saturated rings. The van der Waals surface area contributed by atoms with Crippen molar-refractivity contribution < 1.29 is 13.2 Å². The highest BCUT2D eigenvalue weighted by atomic mass is 35.5. The molecule has 0 amide bonds. The third kappa shape index (κ3) is 4.33. The third-order valence-corrected chi connectivity index (χ3v) is 6.79. The van der Waals surface area contributed by atoms with Crippen LogP contribution in [0.15, 0.2) is 64.4 Å². The van der Waals surface area contributed by atoms with Crippen molar-refractivity contribution in [3.8, 4) is 5.69 Å². The lowest BCUT2D eigenvalue weighted by molar-refractivity contribution is 0.102. The van der Waals surface area contributed by atoms with Gasteiger partial charge in [0.15, 0.2) is 5.78 Å². The number of halogens is 1. The van der Waals surface area contributed by atoms with Crippen molar-refractivity contribution in [3.63, 3.8) is 0 Å². The molecule has 3 aromatic rings. The Balaban J connectivity index is 1.85. The predicted molar refractivity (Wildman–Crippen MR) is 113 cm³/mol. The molecule has 0 unspecified atom stereocenters. The molecule has 0 bridgehead atoms. The number of thioether (sulfide) groups is 1. The van der Waals surface area contributed by atoms with Gasteiger partial charge in [0.25, 0.3) is 0 Å². The van der Waals surface area contributed by atoms with Crippen molar-refractivity contribution in [1.29, 1.82) is 0 Å². The second-order valence-corrected chi connectivity index (χ2v) is 9.29. The Labute approximate surface area is 173 Å². The summed E-state index contributed by atoms with van der Waals surface area (Å²) in [5.74, 6) is 0.281. The van der Waals surface area contributed by atoms with Gasteiger partial charge in [-0.25, -0.2) is 13.6 Å². The van der Waals surface area contributed by atoms with Gasteiger partial charge in [-0.15, -0.1) is 11.8 Å². The van der Waals surface area contributed by atoms with E-state index in [9.17, 15) is 13.2 Å². The van der Waals surface area contributed by atoms with Crippen LogP contribution in [-0.2, 0) is 10.0 Å². The van der Waals surface area contributed by atoms with Gasteiger partial charge >= 0.3 is 0 Å². The minimum atomic E-state index is -3.74. The summed E-state index contributed by atoms with van der Waals surface area (Å²) in [4.78, 5) is 13.7. The highest BCUT2D eigenvalue weighted by Gasteiger charge is 2.18. The minimum absolute atomic E-state index is 0.00502. The number of aryl methyl sites for hydroxylation is 1. The zero-order valence-electron chi connectivity index (χ0n) is 15.3. The topological polar surface area (TPSA) is 82.2 Å². The van der Waals surface area contributed by atoms with Crippen LogP contribution < -0.4 is 5.14 Å². The molecule has 0 atom stereocenters. The minimum Gasteiger partial charge on any atom is -0.318 e. The summed E-state index contributed by atoms with van der Waals surface area (Å²) in [6, 6.07) is 15.5. The smallest absolute Gasteiger partial charge is 0.238 e. The molecule has 0 saturated carbocycles. The Morgan fingerprint density at radius 3 is 2.36 bits per heavy atom. The number of benzene rings is 2. The first-order valence-electron chi connectivity index (χ1n) is 8.41. The number of nitrogens with zero attached hydrogens (tertiary/aromatic N) is 1. The van der Waals surface area contributed by atoms with Gasteiger partial charge in [0.05, 0.1) is 15.7 Å². The van der Waals surface area contributed by atoms with E-state index in [2.05, 4.69) is 0 Å². The molecular weight excluding hydrogens is 416 g/mol. The number of primary sulfonamides is 1. The molecule has 0 radical (unpaired) electrons. The van der Waals surface area contributed by atoms with Gasteiger partial charge in [0, 0.05) is 27.5 Å². The zero-order chi connectivity index (χ0) is 20.5. The average Bonchev–Trinajstić information content (AvgIpc) is 2.94. The molecule has 2 aromatic carbocycles. The van der Waals surface area contributed by atoms with Crippen LogP contribution >= 0.6 is 23.4 Å². The fraction of sp³-hybridized carbons (Fsp3) is 0.150. The first kappa shape index (κ1) is 20.7. The summed E-state index contributed by atoms with van der Waals surface area (Å²) in [6.07, 6.45) is 0. The highest BCUT2D eigenvalue weighted by molar-refractivity contribution is 8.00. The molecule has 0 saturated heterocycles. The number of Topliss-reactive ketones (excluding diaryl/α,β-unsaturated/α-hetero) is 1. The monoisotopic (exact) mass is 434 g/mol. The van der Waals surface area contributed by atoms with Crippen LogP contribution in [0.25, 0.3) is 5.69 Å². The van der Waals surface area contributed by atoms with Gasteiger partial charge in [-0.05, 0) is 56.3 Å². The Morgan fingerprint density at radius 1 is 1.11 bits per heavy atom. The van der Waals surface area contributed by atoms with Gasteiger partial charge in [-0.2, -0.15) is 0 Å². The van der Waals surface area contributed by atoms with Gasteiger partial charge in [0.2, 0.25) is 10.0 Å². The molecule has 146 valence electrons. The van der Waals surface area contributed by atoms with E-state index in [1.807, 2.05) is 42.7 Å². The maximum absolute atomic E-state index is 12.8. The molecule has 0 aliphatic carbocycles. The molecule has 3 rings (SSSR count). The van der Waals surface area contributed by atoms with Crippen LogP contribution in [0.5, 0.6) is 0 Å². The lowest BCUT2D eigenvalue weighted by atomic mass is 10.2. The average molecular weight is 435 g/mol. The van der Waals surface area contributed by atoms with Crippen LogP contribution in [0.1, 0.15) is 21.7 Å². The van der Waals surface area contributed by atoms with Crippen molar-refractivity contribution in [2.45, 2.75) is 23.6 Å². The first-order chi connectivity index (χ1) is 13.2. The second kappa shape index (κ2) is 8.13. The normalized spacial score (nSPS) is 11.6. The Morgan fingerprint density at radius 2 is 1.75 bits per heavy atom. The SMILES string of the molecule is Cc1cc(C(=O)CSc2ccccc2Cl)c(C)n1-c1ccc(S(N)(=O)=O)cc1. The number of carbonyl (C=O) groups is 1. The number of sulfonamides is 1. The predicted octanol–water partition coefficient (Wildman–Crippen LogP) is 4.37. The molecule has 0 aliphatic heterocycles. The van der Waals surface area contributed by atoms with E-state index in [0.29, 0.717) is 10.6 Å². The van der Waals surface area contributed by atoms with E-state index in [1.165, 1.54) is 23.9 Å². The maximum atomic E-state index is 12.8. The van der Waals surface area contributed by atoms with Crippen LogP contribution in [-0.4, -0.2) is 24.5 Å². The van der Waals surface area contributed by atoms with Crippen molar-refractivity contribution in [3.05, 3.63) is 76.6 Å². The molecule has 0 aliphatic rings. The largest absolute Gasteiger partial charge is 0.318 e. The maximum Gasteiger partial charge on any atom is 0.238 e. The van der Waals surface area contributed by atoms with E-state index in [0.717, 1.165) is 22.0 Å². The van der Waals surface area contributed by atoms with Crippen LogP contribution in [0.3, 0.4) is 0 Å². The summed E-state index contributed by atoms with van der Waals surface area (Å²) in [7, 11) is -3.74. The van der Waals surface area contributed by atoms with Crippen molar-refractivity contribution in [2.75, 3.05) is 5.75 Å². The molecule has 1 aromatic heterocycles. The van der Waals surface area contributed by atoms with Gasteiger partial charge in [-0.3, -0.25) is 4.79 Å². The van der Waals surface area contributed by atoms with Crippen molar-refractivity contribution >= 4 is 39.2 Å². The second-order valence-electron chi connectivity index (χ2n) is 6.30. The summed E-state index contributed by atoms with van der Waals surface area (Å²) >= 11 is 7.55. The van der Waals surface area contributed by atoms with Gasteiger partial charge in [-0.1, -0.05) is 23.7 Å². The molecule has 1 heterocycles. The number of hydrogen-bond acceptors (Lipinski definition) is 4. The molecule has 0 spiro atoms. The molecule has 28 heavy (non-hydrogen) atoms. The van der Waals surface area contributed by atoms with Gasteiger partial charge < -0.3 is 4.57 Å². The number of nitrogens with two attached hydrogens (primary N) is 1. The number of hydrogen-bond donors (Lipinski definition) is 1. The first-order valence-corrected chi connectivity index (χ1v) is 11.3. The van der Waals surface area contributed by atoms with E-state index in [-0.39, 0.29) is 16.4 Å². The summed E-state index contributed by atoms with van der Waals surface area (Å²) < 4.78 is 24.8. The third-order valence-electron chi connectivity index (χ3n) is 4.35. The summed E-state index contributed by atoms with van der Waals surface area (Å²) in [5, 5.41) is 5.78. The van der Waals surface area contributed by atoms with Crippen LogP contribution in [0.2, 0.25) is 5.02 Å². The number of rotatable bonds is 6. The quantitative estimate of drug-likeness (QED) is 0.461. The number of ketones is 1. The highest BCUT2D eigenvalue weighted by Crippen LogP contribution is 2.28. The Hall–Kier alpha value is -2.06. The lowest BCUT2D eigenvalue weighted by Gasteiger charge is -2.10. The van der Waals surface area contributed by atoms with Crippen molar-refractivity contribution in [1.82, 2.24) is 4.57 Å². The molecule has 5 nitrogen and oxygen atoms in total. The lowest BCUT2D eigenvalue weighted by Crippen LogP contribution is -2.12. The van der Waals surface area contributed by atoms with Gasteiger partial charge in [0.1, 0.15) is 0 Å². The standard InChI is InChI=1S/C20H19ClN2O3S2/c1-13-11-17(19(24)12-27-20-6-4-3-5-18(20)21)14(2)23(13)15-7-9-16(10-8-15)28(22,25)26/h3-11H,12H2,1-2H3,(H2,22,25,26). The molecule has 8 heteroatoms. The molecule has 2 N–H and O–H groups in total.